The highest BCUT2D eigenvalue weighted by atomic mass is 16.5. The van der Waals surface area contributed by atoms with E-state index in [1.165, 1.54) is 24.0 Å². The van der Waals surface area contributed by atoms with Gasteiger partial charge in [0.15, 0.2) is 0 Å². The van der Waals surface area contributed by atoms with E-state index < -0.39 is 0 Å². The van der Waals surface area contributed by atoms with Gasteiger partial charge in [0.2, 0.25) is 0 Å². The predicted molar refractivity (Wildman–Crippen MR) is 63.5 cm³/mol. The fourth-order valence-electron chi connectivity index (χ4n) is 4.21. The third-order valence-electron chi connectivity index (χ3n) is 4.97. The summed E-state index contributed by atoms with van der Waals surface area (Å²) in [5, 5.41) is 0. The molecule has 1 saturated carbocycles. The topological polar surface area (TPSA) is 26.3 Å². The first-order valence-electron chi connectivity index (χ1n) is 6.63. The van der Waals surface area contributed by atoms with E-state index in [2.05, 4.69) is 24.3 Å². The minimum Gasteiger partial charge on any atom is -0.457 e. The molecule has 2 aliphatic carbocycles. The fourth-order valence-corrected chi connectivity index (χ4v) is 4.21. The van der Waals surface area contributed by atoms with Gasteiger partial charge in [-0.2, -0.15) is 0 Å². The molecule has 0 unspecified atom stereocenters. The van der Waals surface area contributed by atoms with Crippen LogP contribution in [0.2, 0.25) is 0 Å². The average Bonchev–Trinajstić information content (AvgIpc) is 2.39. The molecule has 0 amide bonds. The molecule has 0 N–H and O–H groups in total. The maximum absolute atomic E-state index is 12.4. The third-order valence-corrected chi connectivity index (χ3v) is 4.97. The van der Waals surface area contributed by atoms with Crippen molar-refractivity contribution in [3.8, 4) is 0 Å². The van der Waals surface area contributed by atoms with Crippen LogP contribution in [0.4, 0.5) is 0 Å². The number of hydrogen-bond acceptors (Lipinski definition) is 2. The first-order valence-corrected chi connectivity index (χ1v) is 6.63. The molecule has 3 atom stereocenters. The second-order valence-corrected chi connectivity index (χ2v) is 5.63. The second-order valence-electron chi connectivity index (χ2n) is 5.63. The number of hydrogen-bond donors (Lipinski definition) is 0. The fraction of sp³-hybridized carbons (Fsp3) is 0.533. The van der Waals surface area contributed by atoms with Crippen LogP contribution in [0.3, 0.4) is 0 Å². The van der Waals surface area contributed by atoms with Crippen LogP contribution in [-0.4, -0.2) is 5.97 Å². The van der Waals surface area contributed by atoms with Crippen LogP contribution in [0.1, 0.15) is 49.3 Å². The van der Waals surface area contributed by atoms with Crippen molar-refractivity contribution in [1.29, 1.82) is 0 Å². The van der Waals surface area contributed by atoms with Crippen molar-refractivity contribution in [2.24, 2.45) is 5.92 Å². The van der Waals surface area contributed by atoms with Gasteiger partial charge in [0.25, 0.3) is 0 Å². The maximum atomic E-state index is 12.4. The maximum Gasteiger partial charge on any atom is 0.317 e. The molecule has 2 fully saturated rings. The third kappa shape index (κ3) is 1.04. The monoisotopic (exact) mass is 228 g/mol. The molecule has 17 heavy (non-hydrogen) atoms. The van der Waals surface area contributed by atoms with E-state index in [0.717, 1.165) is 19.3 Å². The van der Waals surface area contributed by atoms with Crippen LogP contribution in [-0.2, 0) is 14.9 Å². The lowest BCUT2D eigenvalue weighted by Gasteiger charge is -2.53. The molecule has 1 aromatic rings. The van der Waals surface area contributed by atoms with Crippen molar-refractivity contribution in [2.45, 2.75) is 43.6 Å². The predicted octanol–water partition coefficient (Wildman–Crippen LogP) is 3.12. The largest absolute Gasteiger partial charge is 0.457 e. The molecule has 2 heteroatoms. The number of benzene rings is 1. The van der Waals surface area contributed by atoms with Crippen LogP contribution < -0.4 is 0 Å². The number of esters is 1. The average molecular weight is 228 g/mol. The number of fused-ring (bicyclic) bond motifs is 1. The lowest BCUT2D eigenvalue weighted by Crippen LogP contribution is -2.55. The highest BCUT2D eigenvalue weighted by molar-refractivity contribution is 5.87. The molecular formula is C15H16O2. The summed E-state index contributed by atoms with van der Waals surface area (Å²) in [5.41, 5.74) is 2.26. The van der Waals surface area contributed by atoms with E-state index in [4.69, 9.17) is 4.74 Å². The van der Waals surface area contributed by atoms with Crippen LogP contribution >= 0.6 is 0 Å². The van der Waals surface area contributed by atoms with Crippen LogP contribution in [0.5, 0.6) is 0 Å². The summed E-state index contributed by atoms with van der Waals surface area (Å²) in [6.07, 6.45) is 5.69. The molecule has 1 aromatic carbocycles. The van der Waals surface area contributed by atoms with Gasteiger partial charge in [-0.1, -0.05) is 37.1 Å². The minimum absolute atomic E-state index is 0.0312. The number of rotatable bonds is 0. The SMILES string of the molecule is O=C1O[C@@H]2C[C@H]3CCCC[C@]13c1ccccc12. The zero-order valence-corrected chi connectivity index (χ0v) is 9.82. The van der Waals surface area contributed by atoms with Crippen LogP contribution in [0.25, 0.3) is 0 Å². The molecule has 1 saturated heterocycles. The second kappa shape index (κ2) is 3.12. The van der Waals surface area contributed by atoms with E-state index in [9.17, 15) is 4.79 Å². The van der Waals surface area contributed by atoms with Gasteiger partial charge in [0.1, 0.15) is 6.10 Å². The zero-order chi connectivity index (χ0) is 11.5. The molecule has 2 heterocycles. The summed E-state index contributed by atoms with van der Waals surface area (Å²) in [5.74, 6) is 0.578. The Morgan fingerprint density at radius 3 is 3.06 bits per heavy atom. The Morgan fingerprint density at radius 1 is 1.24 bits per heavy atom. The first-order chi connectivity index (χ1) is 8.32. The zero-order valence-electron chi connectivity index (χ0n) is 9.82. The van der Waals surface area contributed by atoms with E-state index in [1.807, 2.05) is 0 Å². The van der Waals surface area contributed by atoms with E-state index >= 15 is 0 Å². The number of carbonyl (C=O) groups excluding carboxylic acids is 1. The Hall–Kier alpha value is -1.31. The molecule has 2 aliphatic heterocycles. The van der Waals surface area contributed by atoms with Gasteiger partial charge in [0, 0.05) is 0 Å². The lowest BCUT2D eigenvalue weighted by molar-refractivity contribution is -0.176. The smallest absolute Gasteiger partial charge is 0.317 e. The van der Waals surface area contributed by atoms with Crippen molar-refractivity contribution in [2.75, 3.05) is 0 Å². The molecule has 88 valence electrons. The Kier molecular flexibility index (Phi) is 1.78. The van der Waals surface area contributed by atoms with Crippen LogP contribution in [0.15, 0.2) is 24.3 Å². The van der Waals surface area contributed by atoms with Crippen molar-refractivity contribution in [3.63, 3.8) is 0 Å². The molecule has 5 rings (SSSR count). The summed E-state index contributed by atoms with van der Waals surface area (Å²) in [6, 6.07) is 8.41. The van der Waals surface area contributed by atoms with Gasteiger partial charge in [-0.25, -0.2) is 0 Å². The number of carbonyl (C=O) groups is 1. The highest BCUT2D eigenvalue weighted by Crippen LogP contribution is 2.58. The normalized spacial score (nSPS) is 38.2. The van der Waals surface area contributed by atoms with E-state index in [0.29, 0.717) is 5.92 Å². The molecular weight excluding hydrogens is 212 g/mol. The summed E-state index contributed by atoms with van der Waals surface area (Å²) < 4.78 is 5.63. The van der Waals surface area contributed by atoms with Gasteiger partial charge in [0.05, 0.1) is 5.41 Å². The van der Waals surface area contributed by atoms with Gasteiger partial charge in [-0.05, 0) is 36.3 Å². The molecule has 0 radical (unpaired) electrons. The quantitative estimate of drug-likeness (QED) is 0.638. The summed E-state index contributed by atoms with van der Waals surface area (Å²) >= 11 is 0. The van der Waals surface area contributed by atoms with Gasteiger partial charge >= 0.3 is 5.97 Å². The Morgan fingerprint density at radius 2 is 2.12 bits per heavy atom. The molecule has 2 bridgehead atoms. The Labute approximate surface area is 101 Å². The summed E-state index contributed by atoms with van der Waals surface area (Å²) in [4.78, 5) is 12.4. The Bertz CT molecular complexity index is 493. The minimum atomic E-state index is -0.288. The molecule has 2 nitrogen and oxygen atoms in total. The lowest BCUT2D eigenvalue weighted by atomic mass is 9.55. The van der Waals surface area contributed by atoms with Crippen LogP contribution in [0, 0.1) is 5.92 Å². The van der Waals surface area contributed by atoms with Gasteiger partial charge < -0.3 is 4.74 Å². The molecule has 4 aliphatic rings. The first kappa shape index (κ1) is 9.69. The van der Waals surface area contributed by atoms with Crippen molar-refractivity contribution >= 4 is 5.97 Å². The highest BCUT2D eigenvalue weighted by Gasteiger charge is 2.58. The van der Waals surface area contributed by atoms with E-state index in [1.54, 1.807) is 0 Å². The molecule has 0 aromatic heterocycles. The summed E-state index contributed by atoms with van der Waals surface area (Å²) in [6.45, 7) is 0. The number of ether oxygens (including phenoxy) is 1. The molecule has 1 spiro atoms. The van der Waals surface area contributed by atoms with Crippen molar-refractivity contribution in [1.82, 2.24) is 0 Å². The van der Waals surface area contributed by atoms with Gasteiger partial charge in [-0.3, -0.25) is 4.79 Å². The van der Waals surface area contributed by atoms with Crippen molar-refractivity contribution in [3.05, 3.63) is 35.4 Å². The standard InChI is InChI=1S/C15H16O2/c16-14-15-8-4-3-5-10(15)9-13(17-14)11-6-1-2-7-12(11)15/h1-2,6-7,10,13H,3-5,8-9H2/t10-,13-,15+/m1/s1. The van der Waals surface area contributed by atoms with Gasteiger partial charge in [-0.15, -0.1) is 0 Å². The summed E-state index contributed by atoms with van der Waals surface area (Å²) in [7, 11) is 0. The van der Waals surface area contributed by atoms with Crippen molar-refractivity contribution < 1.29 is 9.53 Å². The van der Waals surface area contributed by atoms with E-state index in [-0.39, 0.29) is 17.5 Å². The Balaban J connectivity index is 1.98.